The van der Waals surface area contributed by atoms with Crippen molar-refractivity contribution in [2.24, 2.45) is 0 Å². The Morgan fingerprint density at radius 1 is 1.02 bits per heavy atom. The number of piperidine rings is 1. The van der Waals surface area contributed by atoms with Crippen LogP contribution < -0.4 is 15.5 Å². The maximum Gasteiger partial charge on any atom is 0.409 e. The van der Waals surface area contributed by atoms with E-state index < -0.39 is 12.0 Å². The first kappa shape index (κ1) is 27.3. The Hall–Kier alpha value is -4.85. The molecule has 13 nitrogen and oxygen atoms in total. The van der Waals surface area contributed by atoms with E-state index in [-0.39, 0.29) is 17.8 Å². The molecule has 5 heterocycles. The number of benzene rings is 1. The van der Waals surface area contributed by atoms with Gasteiger partial charge in [-0.2, -0.15) is 9.49 Å². The maximum absolute atomic E-state index is 13.8. The molecular formula is C28H30FN9O4. The van der Waals surface area contributed by atoms with Crippen LogP contribution in [0.15, 0.2) is 48.8 Å². The number of carbonyl (C=O) groups is 2. The summed E-state index contributed by atoms with van der Waals surface area (Å²) >= 11 is 0. The van der Waals surface area contributed by atoms with Crippen LogP contribution in [0.2, 0.25) is 0 Å². The highest BCUT2D eigenvalue weighted by Gasteiger charge is 2.28. The number of ether oxygens (including phenoxy) is 2. The van der Waals surface area contributed by atoms with Crippen LogP contribution in [0.4, 0.5) is 31.2 Å². The molecule has 14 heteroatoms. The minimum atomic E-state index is -0.764. The van der Waals surface area contributed by atoms with Gasteiger partial charge in [0.25, 0.3) is 0 Å². The number of nitrogens with zero attached hydrogens (tertiary/aromatic N) is 7. The number of hydrogen-bond acceptors (Lipinski definition) is 9. The largest absolute Gasteiger partial charge is 0.453 e. The molecule has 2 N–H and O–H groups in total. The average Bonchev–Trinajstić information content (AvgIpc) is 3.46. The Labute approximate surface area is 240 Å². The maximum atomic E-state index is 13.8. The molecule has 2 aliphatic rings. The van der Waals surface area contributed by atoms with Gasteiger partial charge in [-0.25, -0.2) is 29.2 Å². The number of nitrogens with one attached hydrogen (secondary N) is 2. The van der Waals surface area contributed by atoms with Crippen LogP contribution in [0.25, 0.3) is 22.4 Å². The number of likely N-dealkylation sites (tertiary alicyclic amines) is 1. The first-order valence-electron chi connectivity index (χ1n) is 13.7. The Kier molecular flexibility index (Phi) is 7.77. The summed E-state index contributed by atoms with van der Waals surface area (Å²) in [6.45, 7) is 3.75. The number of methoxy groups -OCH3 is 1. The van der Waals surface area contributed by atoms with Crippen molar-refractivity contribution in [2.45, 2.75) is 18.9 Å². The van der Waals surface area contributed by atoms with Gasteiger partial charge in [-0.3, -0.25) is 0 Å². The molecule has 2 aliphatic heterocycles. The number of pyridine rings is 1. The van der Waals surface area contributed by atoms with Crippen LogP contribution in [-0.2, 0) is 9.47 Å². The molecule has 4 aromatic rings. The normalized spacial score (nSPS) is 16.0. The predicted octanol–water partition coefficient (Wildman–Crippen LogP) is 3.91. The lowest BCUT2D eigenvalue weighted by molar-refractivity contribution is 0.106. The molecule has 6 rings (SSSR count). The number of morpholine rings is 1. The summed E-state index contributed by atoms with van der Waals surface area (Å²) in [5.74, 6) is 0.544. The second kappa shape index (κ2) is 11.9. The summed E-state index contributed by atoms with van der Waals surface area (Å²) in [4.78, 5) is 41.7. The van der Waals surface area contributed by atoms with Gasteiger partial charge in [-0.1, -0.05) is 0 Å². The van der Waals surface area contributed by atoms with Crippen LogP contribution >= 0.6 is 0 Å². The quantitative estimate of drug-likeness (QED) is 0.339. The summed E-state index contributed by atoms with van der Waals surface area (Å²) < 4.78 is 26.2. The summed E-state index contributed by atoms with van der Waals surface area (Å²) in [6, 6.07) is 9.54. The number of fused-ring (bicyclic) bond motifs is 1. The Balaban J connectivity index is 1.27. The van der Waals surface area contributed by atoms with Gasteiger partial charge in [0.1, 0.15) is 5.82 Å². The standard InChI is InChI=1S/C28H30FN9O4/c1-41-28(40)37-11-8-20(9-12-37)38-26-21(17-31-38)25(36-13-15-42-16-14-36)34-24(35-26)18-4-6-19(7-5-18)32-27(39)33-22-3-2-10-30-23(22)29/h2-7,10,17,20H,8-9,11-16H2,1H3,(H2,32,33,39). The smallest absolute Gasteiger partial charge is 0.409 e. The van der Waals surface area contributed by atoms with Gasteiger partial charge >= 0.3 is 12.1 Å². The molecule has 42 heavy (non-hydrogen) atoms. The number of hydrogen-bond donors (Lipinski definition) is 2. The monoisotopic (exact) mass is 575 g/mol. The predicted molar refractivity (Wildman–Crippen MR) is 153 cm³/mol. The topological polar surface area (TPSA) is 140 Å². The van der Waals surface area contributed by atoms with Crippen molar-refractivity contribution in [3.05, 3.63) is 54.7 Å². The van der Waals surface area contributed by atoms with E-state index in [2.05, 4.69) is 20.5 Å². The molecule has 0 radical (unpaired) electrons. The second-order valence-electron chi connectivity index (χ2n) is 9.98. The van der Waals surface area contributed by atoms with Crippen LogP contribution in [0.5, 0.6) is 0 Å². The third-order valence-corrected chi connectivity index (χ3v) is 7.40. The Morgan fingerprint density at radius 3 is 2.50 bits per heavy atom. The van der Waals surface area contributed by atoms with Crippen LogP contribution in [-0.4, -0.2) is 88.3 Å². The fraction of sp³-hybridized carbons (Fsp3) is 0.357. The minimum Gasteiger partial charge on any atom is -0.453 e. The van der Waals surface area contributed by atoms with E-state index in [9.17, 15) is 14.0 Å². The first-order chi connectivity index (χ1) is 20.5. The lowest BCUT2D eigenvalue weighted by Crippen LogP contribution is -2.39. The van der Waals surface area contributed by atoms with Crippen molar-refractivity contribution in [2.75, 3.05) is 62.0 Å². The number of anilines is 3. The fourth-order valence-electron chi connectivity index (χ4n) is 5.21. The van der Waals surface area contributed by atoms with E-state index in [1.165, 1.54) is 25.4 Å². The van der Waals surface area contributed by atoms with Gasteiger partial charge < -0.3 is 29.9 Å². The number of aromatic nitrogens is 5. The van der Waals surface area contributed by atoms with Crippen molar-refractivity contribution in [3.63, 3.8) is 0 Å². The molecule has 3 amide bonds. The van der Waals surface area contributed by atoms with Crippen molar-refractivity contribution < 1.29 is 23.5 Å². The molecule has 0 aliphatic carbocycles. The van der Waals surface area contributed by atoms with E-state index in [1.54, 1.807) is 17.0 Å². The van der Waals surface area contributed by atoms with E-state index >= 15 is 0 Å². The second-order valence-corrected chi connectivity index (χ2v) is 9.98. The van der Waals surface area contributed by atoms with E-state index in [4.69, 9.17) is 24.5 Å². The highest BCUT2D eigenvalue weighted by Crippen LogP contribution is 2.32. The fourth-order valence-corrected chi connectivity index (χ4v) is 5.21. The average molecular weight is 576 g/mol. The highest BCUT2D eigenvalue weighted by molar-refractivity contribution is 5.99. The zero-order valence-electron chi connectivity index (χ0n) is 23.0. The summed E-state index contributed by atoms with van der Waals surface area (Å²) in [6.07, 6.45) is 4.25. The lowest BCUT2D eigenvalue weighted by Gasteiger charge is -2.31. The molecule has 0 atom stereocenters. The minimum absolute atomic E-state index is 0.0171. The van der Waals surface area contributed by atoms with Crippen molar-refractivity contribution in [3.8, 4) is 11.4 Å². The van der Waals surface area contributed by atoms with Crippen molar-refractivity contribution in [1.82, 2.24) is 29.6 Å². The van der Waals surface area contributed by atoms with Crippen LogP contribution in [0.3, 0.4) is 0 Å². The zero-order valence-corrected chi connectivity index (χ0v) is 23.0. The first-order valence-corrected chi connectivity index (χ1v) is 13.7. The number of carbonyl (C=O) groups excluding carboxylic acids is 2. The number of urea groups is 1. The number of amides is 3. The van der Waals surface area contributed by atoms with E-state index in [0.29, 0.717) is 50.9 Å². The summed E-state index contributed by atoms with van der Waals surface area (Å²) in [5, 5.41) is 10.7. The molecular weight excluding hydrogens is 545 g/mol. The van der Waals surface area contributed by atoms with Gasteiger partial charge in [0.05, 0.1) is 43.6 Å². The number of halogens is 1. The SMILES string of the molecule is COC(=O)N1CCC(n2ncc3c(N4CCOCC4)nc(-c4ccc(NC(=O)Nc5cccnc5F)cc4)nc32)CC1. The molecule has 2 saturated heterocycles. The summed E-state index contributed by atoms with van der Waals surface area (Å²) in [5.41, 5.74) is 1.97. The van der Waals surface area contributed by atoms with Crippen molar-refractivity contribution in [1.29, 1.82) is 0 Å². The third kappa shape index (κ3) is 5.65. The lowest BCUT2D eigenvalue weighted by atomic mass is 10.1. The van der Waals surface area contributed by atoms with Crippen LogP contribution in [0, 0.1) is 5.95 Å². The highest BCUT2D eigenvalue weighted by atomic mass is 19.1. The number of rotatable bonds is 5. The molecule has 2 fully saturated rings. The molecule has 3 aromatic heterocycles. The molecule has 0 unspecified atom stereocenters. The molecule has 218 valence electrons. The van der Waals surface area contributed by atoms with Gasteiger partial charge in [-0.05, 0) is 49.2 Å². The zero-order chi connectivity index (χ0) is 29.1. The van der Waals surface area contributed by atoms with Crippen molar-refractivity contribution >= 4 is 40.4 Å². The molecule has 0 spiro atoms. The Morgan fingerprint density at radius 2 is 1.79 bits per heavy atom. The molecule has 0 saturated carbocycles. The molecule has 0 bridgehead atoms. The molecule has 1 aromatic carbocycles. The van der Waals surface area contributed by atoms with E-state index in [0.717, 1.165) is 35.3 Å². The summed E-state index contributed by atoms with van der Waals surface area (Å²) in [7, 11) is 1.39. The Bertz CT molecular complexity index is 1580. The van der Waals surface area contributed by atoms with Gasteiger partial charge in [-0.15, -0.1) is 0 Å². The van der Waals surface area contributed by atoms with Crippen LogP contribution in [0.1, 0.15) is 18.9 Å². The van der Waals surface area contributed by atoms with Gasteiger partial charge in [0.15, 0.2) is 11.5 Å². The van der Waals surface area contributed by atoms with Gasteiger partial charge in [0, 0.05) is 43.6 Å². The third-order valence-electron chi connectivity index (χ3n) is 7.40. The van der Waals surface area contributed by atoms with E-state index in [1.807, 2.05) is 23.0 Å². The van der Waals surface area contributed by atoms with Gasteiger partial charge in [0.2, 0.25) is 5.95 Å².